The zero-order valence-electron chi connectivity index (χ0n) is 8.10. The van der Waals surface area contributed by atoms with Crippen molar-refractivity contribution in [2.75, 3.05) is 5.32 Å². The van der Waals surface area contributed by atoms with Gasteiger partial charge in [0.25, 0.3) is 0 Å². The molecule has 0 spiro atoms. The Hall–Kier alpha value is -2.17. The van der Waals surface area contributed by atoms with E-state index in [0.29, 0.717) is 5.69 Å². The number of carbonyl (C=O) groups is 2. The van der Waals surface area contributed by atoms with Gasteiger partial charge < -0.3 is 10.4 Å². The van der Waals surface area contributed by atoms with Gasteiger partial charge in [0.05, 0.1) is 0 Å². The largest absolute Gasteiger partial charge is 0.478 e. The summed E-state index contributed by atoms with van der Waals surface area (Å²) in [6.07, 6.45) is 4.90. The molecule has 0 fully saturated rings. The number of anilines is 1. The van der Waals surface area contributed by atoms with Crippen LogP contribution in [0.2, 0.25) is 0 Å². The fraction of sp³-hybridized carbons (Fsp3) is 0.100. The van der Waals surface area contributed by atoms with E-state index in [-0.39, 0.29) is 0 Å². The van der Waals surface area contributed by atoms with Gasteiger partial charge in [-0.15, -0.1) is 0 Å². The number of carbonyl (C=O) groups excluding carboxylic acids is 1. The van der Waals surface area contributed by atoms with Gasteiger partial charge in [-0.25, -0.2) is 4.79 Å². The topological polar surface area (TPSA) is 79.3 Å². The number of carboxylic acid groups (broad SMARTS) is 1. The molecule has 0 atom stereocenters. The number of nitrogens with one attached hydrogen (secondary N) is 1. The average molecular weight is 206 g/mol. The van der Waals surface area contributed by atoms with E-state index in [2.05, 4.69) is 10.3 Å². The van der Waals surface area contributed by atoms with Crippen molar-refractivity contribution in [3.05, 3.63) is 36.2 Å². The van der Waals surface area contributed by atoms with Crippen LogP contribution in [0.4, 0.5) is 5.69 Å². The summed E-state index contributed by atoms with van der Waals surface area (Å²) < 4.78 is 0. The third-order valence-corrected chi connectivity index (χ3v) is 1.66. The number of hydrogen-bond donors (Lipinski definition) is 2. The minimum Gasteiger partial charge on any atom is -0.478 e. The average Bonchev–Trinajstić information content (AvgIpc) is 2.18. The molecule has 1 heterocycles. The molecule has 1 rings (SSSR count). The lowest BCUT2D eigenvalue weighted by Gasteiger charge is -2.04. The first-order valence-electron chi connectivity index (χ1n) is 4.22. The van der Waals surface area contributed by atoms with Gasteiger partial charge in [0.1, 0.15) is 0 Å². The highest BCUT2D eigenvalue weighted by atomic mass is 16.4. The zero-order valence-corrected chi connectivity index (χ0v) is 8.10. The van der Waals surface area contributed by atoms with Crippen molar-refractivity contribution >= 4 is 17.6 Å². The molecule has 0 aromatic carbocycles. The third kappa shape index (κ3) is 3.60. The van der Waals surface area contributed by atoms with Gasteiger partial charge in [0.15, 0.2) is 0 Å². The molecule has 0 bridgehead atoms. The summed E-state index contributed by atoms with van der Waals surface area (Å²) in [4.78, 5) is 25.2. The van der Waals surface area contributed by atoms with E-state index in [1.165, 1.54) is 0 Å². The predicted molar refractivity (Wildman–Crippen MR) is 54.4 cm³/mol. The van der Waals surface area contributed by atoms with Crippen molar-refractivity contribution < 1.29 is 14.7 Å². The lowest BCUT2D eigenvalue weighted by atomic mass is 10.2. The molecule has 1 aromatic rings. The van der Waals surface area contributed by atoms with Crippen molar-refractivity contribution in [2.45, 2.75) is 6.92 Å². The number of hydrogen-bond acceptors (Lipinski definition) is 3. The number of nitrogens with zero attached hydrogens (tertiary/aromatic N) is 1. The number of aliphatic carboxylic acids is 1. The molecule has 78 valence electrons. The van der Waals surface area contributed by atoms with Crippen LogP contribution < -0.4 is 5.32 Å². The van der Waals surface area contributed by atoms with Crippen LogP contribution in [0.15, 0.2) is 30.6 Å². The van der Waals surface area contributed by atoms with Crippen LogP contribution in [0, 0.1) is 6.92 Å². The standard InChI is InChI=1S/C10H10N2O3/c1-7-6-11-5-4-8(7)12-9(13)2-3-10(14)15/h2-6H,1H3,(H,14,15)(H,11,12,13)/b3-2+. The molecule has 0 unspecified atom stereocenters. The number of aromatic nitrogens is 1. The van der Waals surface area contributed by atoms with Gasteiger partial charge >= 0.3 is 5.97 Å². The Morgan fingerprint density at radius 1 is 1.47 bits per heavy atom. The monoisotopic (exact) mass is 206 g/mol. The summed E-state index contributed by atoms with van der Waals surface area (Å²) in [6, 6.07) is 1.64. The zero-order chi connectivity index (χ0) is 11.3. The van der Waals surface area contributed by atoms with E-state index in [4.69, 9.17) is 5.11 Å². The smallest absolute Gasteiger partial charge is 0.328 e. The normalized spacial score (nSPS) is 10.2. The van der Waals surface area contributed by atoms with Crippen LogP contribution in [-0.4, -0.2) is 22.0 Å². The van der Waals surface area contributed by atoms with E-state index >= 15 is 0 Å². The molecular formula is C10H10N2O3. The van der Waals surface area contributed by atoms with Crippen LogP contribution >= 0.6 is 0 Å². The van der Waals surface area contributed by atoms with Crippen LogP contribution in [0.5, 0.6) is 0 Å². The molecule has 0 radical (unpaired) electrons. The molecule has 0 aliphatic heterocycles. The van der Waals surface area contributed by atoms with Crippen molar-refractivity contribution in [3.8, 4) is 0 Å². The summed E-state index contributed by atoms with van der Waals surface area (Å²) >= 11 is 0. The quantitative estimate of drug-likeness (QED) is 0.722. The van der Waals surface area contributed by atoms with E-state index in [9.17, 15) is 9.59 Å². The molecule has 1 amide bonds. The maximum atomic E-state index is 11.2. The molecule has 0 saturated heterocycles. The summed E-state index contributed by atoms with van der Waals surface area (Å²) in [5, 5.41) is 10.8. The Morgan fingerprint density at radius 2 is 2.20 bits per heavy atom. The van der Waals surface area contributed by atoms with E-state index in [1.807, 2.05) is 0 Å². The van der Waals surface area contributed by atoms with Crippen LogP contribution in [0.3, 0.4) is 0 Å². The molecular weight excluding hydrogens is 196 g/mol. The highest BCUT2D eigenvalue weighted by Gasteiger charge is 2.00. The van der Waals surface area contributed by atoms with Gasteiger partial charge in [0, 0.05) is 30.2 Å². The summed E-state index contributed by atoms with van der Waals surface area (Å²) in [5.74, 6) is -1.64. The minimum atomic E-state index is -1.16. The predicted octanol–water partition coefficient (Wildman–Crippen LogP) is 0.969. The van der Waals surface area contributed by atoms with Crippen LogP contribution in [0.1, 0.15) is 5.56 Å². The van der Waals surface area contributed by atoms with E-state index in [0.717, 1.165) is 17.7 Å². The van der Waals surface area contributed by atoms with Gasteiger partial charge in [-0.05, 0) is 18.6 Å². The van der Waals surface area contributed by atoms with Crippen molar-refractivity contribution in [1.82, 2.24) is 4.98 Å². The minimum absolute atomic E-state index is 0.480. The fourth-order valence-corrected chi connectivity index (χ4v) is 0.935. The van der Waals surface area contributed by atoms with Gasteiger partial charge in [0.2, 0.25) is 5.91 Å². The first-order chi connectivity index (χ1) is 7.09. The summed E-state index contributed by atoms with van der Waals surface area (Å²) in [6.45, 7) is 1.80. The molecule has 5 heteroatoms. The lowest BCUT2D eigenvalue weighted by Crippen LogP contribution is -2.09. The molecule has 0 aliphatic carbocycles. The molecule has 1 aromatic heterocycles. The maximum absolute atomic E-state index is 11.2. The first-order valence-corrected chi connectivity index (χ1v) is 4.22. The maximum Gasteiger partial charge on any atom is 0.328 e. The SMILES string of the molecule is Cc1cnccc1NC(=O)/C=C/C(=O)O. The lowest BCUT2D eigenvalue weighted by molar-refractivity contribution is -0.131. The number of carboxylic acids is 1. The highest BCUT2D eigenvalue weighted by molar-refractivity contribution is 6.02. The fourth-order valence-electron chi connectivity index (χ4n) is 0.935. The number of aryl methyl sites for hydroxylation is 1. The second-order valence-corrected chi connectivity index (χ2v) is 2.85. The van der Waals surface area contributed by atoms with Crippen molar-refractivity contribution in [3.63, 3.8) is 0 Å². The van der Waals surface area contributed by atoms with E-state index < -0.39 is 11.9 Å². The second kappa shape index (κ2) is 4.90. The number of pyridine rings is 1. The van der Waals surface area contributed by atoms with Crippen molar-refractivity contribution in [2.24, 2.45) is 0 Å². The Bertz CT molecular complexity index is 413. The number of amides is 1. The Morgan fingerprint density at radius 3 is 2.80 bits per heavy atom. The Kier molecular flexibility index (Phi) is 3.56. The number of rotatable bonds is 3. The molecule has 0 aliphatic rings. The summed E-state index contributed by atoms with van der Waals surface area (Å²) in [7, 11) is 0. The van der Waals surface area contributed by atoms with Gasteiger partial charge in [-0.1, -0.05) is 0 Å². The Balaban J connectivity index is 2.67. The van der Waals surface area contributed by atoms with Crippen LogP contribution in [-0.2, 0) is 9.59 Å². The van der Waals surface area contributed by atoms with Crippen LogP contribution in [0.25, 0.3) is 0 Å². The van der Waals surface area contributed by atoms with Gasteiger partial charge in [-0.3, -0.25) is 9.78 Å². The first kappa shape index (κ1) is 10.9. The van der Waals surface area contributed by atoms with E-state index in [1.54, 1.807) is 25.4 Å². The highest BCUT2D eigenvalue weighted by Crippen LogP contribution is 2.11. The Labute approximate surface area is 86.5 Å². The molecule has 15 heavy (non-hydrogen) atoms. The molecule has 5 nitrogen and oxygen atoms in total. The molecule has 0 saturated carbocycles. The van der Waals surface area contributed by atoms with Gasteiger partial charge in [-0.2, -0.15) is 0 Å². The second-order valence-electron chi connectivity index (χ2n) is 2.85. The van der Waals surface area contributed by atoms with Crippen molar-refractivity contribution in [1.29, 1.82) is 0 Å². The summed E-state index contributed by atoms with van der Waals surface area (Å²) in [5.41, 5.74) is 1.43. The molecule has 2 N–H and O–H groups in total. The third-order valence-electron chi connectivity index (χ3n) is 1.66.